The van der Waals surface area contributed by atoms with Crippen LogP contribution < -0.4 is 19.7 Å². The molecule has 1 aromatic heterocycles. The van der Waals surface area contributed by atoms with Crippen LogP contribution >= 0.6 is 0 Å². The molecule has 3 aromatic rings. The summed E-state index contributed by atoms with van der Waals surface area (Å²) in [7, 11) is 2.98. The fraction of sp³-hybridized carbons (Fsp3) is 0.514. The molecule has 0 fully saturated rings. The van der Waals surface area contributed by atoms with Crippen molar-refractivity contribution in [3.8, 4) is 23.0 Å². The van der Waals surface area contributed by atoms with Crippen LogP contribution in [0.2, 0.25) is 0 Å². The zero-order chi connectivity index (χ0) is 32.3. The van der Waals surface area contributed by atoms with E-state index >= 15 is 0 Å². The van der Waals surface area contributed by atoms with Gasteiger partial charge in [0.15, 0.2) is 11.5 Å². The number of nitrogens with zero attached hydrogens (tertiary/aromatic N) is 3. The smallest absolute Gasteiger partial charge is 0.873 e. The fourth-order valence-corrected chi connectivity index (χ4v) is 4.66. The molecule has 0 atom stereocenters. The number of benzene rings is 2. The third-order valence-corrected chi connectivity index (χ3v) is 6.82. The summed E-state index contributed by atoms with van der Waals surface area (Å²) in [5, 5.41) is 25.0. The molecular weight excluding hydrogens is 585 g/mol. The molecule has 43 heavy (non-hydrogen) atoms. The Morgan fingerprint density at radius 3 is 1.53 bits per heavy atom. The first kappa shape index (κ1) is 37.9. The Labute approximate surface area is 269 Å². The van der Waals surface area contributed by atoms with E-state index in [2.05, 4.69) is 74.7 Å². The van der Waals surface area contributed by atoms with Gasteiger partial charge in [-0.1, -0.05) is 95.2 Å². The molecule has 0 bridgehead atoms. The van der Waals surface area contributed by atoms with Crippen molar-refractivity contribution in [2.24, 2.45) is 4.99 Å². The van der Waals surface area contributed by atoms with Crippen LogP contribution in [0.1, 0.15) is 111 Å². The maximum absolute atomic E-state index is 12.5. The third kappa shape index (κ3) is 9.43. The van der Waals surface area contributed by atoms with Crippen molar-refractivity contribution in [1.82, 2.24) is 9.97 Å². The topological polar surface area (TPSA) is 103 Å². The van der Waals surface area contributed by atoms with E-state index in [1.165, 1.54) is 25.3 Å². The van der Waals surface area contributed by atoms with Crippen molar-refractivity contribution in [3.63, 3.8) is 0 Å². The molecule has 0 aliphatic carbocycles. The first-order valence-electron chi connectivity index (χ1n) is 14.3. The van der Waals surface area contributed by atoms with Crippen LogP contribution in [0.15, 0.2) is 41.8 Å². The second-order valence-electron chi connectivity index (χ2n) is 14.6. The summed E-state index contributed by atoms with van der Waals surface area (Å²) in [5.41, 5.74) is 4.20. The van der Waals surface area contributed by atoms with Gasteiger partial charge in [0.25, 0.3) is 0 Å². The van der Waals surface area contributed by atoms with Crippen LogP contribution in [0, 0.1) is 0 Å². The van der Waals surface area contributed by atoms with Gasteiger partial charge in [-0.3, -0.25) is 15.0 Å². The van der Waals surface area contributed by atoms with Gasteiger partial charge in [-0.05, 0) is 50.0 Å². The second-order valence-corrected chi connectivity index (χ2v) is 14.6. The standard InChI is InChI=1S/C19H25N3.C16H26O4.Ni/c1-18(2,3)14-7-8-16(19(4,5)6)17(11-14)22-13-15-12-20-9-10-21-15;1-15(2,3)9-11(17)12(18)10(16(4,5)6)14(20-8)13(9)19-7;/h7-13H,1-6H3;17-18H,1-8H3;/q;;+2/p-2. The van der Waals surface area contributed by atoms with Crippen molar-refractivity contribution in [1.29, 1.82) is 0 Å². The Bertz CT molecular complexity index is 1350. The Balaban J connectivity index is 0.000000422. The second kappa shape index (κ2) is 14.1. The molecule has 0 aliphatic heterocycles. The molecule has 0 N–H and O–H groups in total. The molecule has 0 amide bonds. The van der Waals surface area contributed by atoms with E-state index in [0.29, 0.717) is 22.6 Å². The molecule has 0 radical (unpaired) electrons. The van der Waals surface area contributed by atoms with E-state index in [4.69, 9.17) is 9.47 Å². The number of methoxy groups -OCH3 is 2. The Morgan fingerprint density at radius 1 is 0.698 bits per heavy atom. The molecule has 0 aliphatic rings. The molecule has 8 heteroatoms. The summed E-state index contributed by atoms with van der Waals surface area (Å²) in [6.45, 7) is 24.5. The molecule has 0 saturated carbocycles. The van der Waals surface area contributed by atoms with Crippen molar-refractivity contribution in [2.45, 2.75) is 105 Å². The summed E-state index contributed by atoms with van der Waals surface area (Å²) in [4.78, 5) is 13.0. The molecule has 0 saturated heterocycles. The maximum atomic E-state index is 12.5. The van der Waals surface area contributed by atoms with Crippen molar-refractivity contribution >= 4 is 11.9 Å². The number of ether oxygens (including phenoxy) is 2. The van der Waals surface area contributed by atoms with E-state index in [9.17, 15) is 10.2 Å². The monoisotopic (exact) mass is 633 g/mol. The normalized spacial score (nSPS) is 12.3. The van der Waals surface area contributed by atoms with Gasteiger partial charge in [0.05, 0.1) is 38.0 Å². The quantitative estimate of drug-likeness (QED) is 0.221. The fourth-order valence-electron chi connectivity index (χ4n) is 4.66. The zero-order valence-electron chi connectivity index (χ0n) is 28.3. The van der Waals surface area contributed by atoms with Gasteiger partial charge < -0.3 is 19.7 Å². The zero-order valence-corrected chi connectivity index (χ0v) is 29.3. The van der Waals surface area contributed by atoms with Gasteiger partial charge in [0, 0.05) is 12.4 Å². The van der Waals surface area contributed by atoms with Gasteiger partial charge in [-0.2, -0.15) is 0 Å². The molecule has 7 nitrogen and oxygen atoms in total. The van der Waals surface area contributed by atoms with Crippen molar-refractivity contribution in [3.05, 3.63) is 64.7 Å². The molecule has 1 heterocycles. The van der Waals surface area contributed by atoms with Crippen LogP contribution in [0.4, 0.5) is 5.69 Å². The van der Waals surface area contributed by atoms with Crippen LogP contribution in [-0.2, 0) is 38.2 Å². The molecule has 2 aromatic carbocycles. The van der Waals surface area contributed by atoms with Crippen LogP contribution in [0.25, 0.3) is 0 Å². The minimum absolute atomic E-state index is 0. The minimum atomic E-state index is -0.500. The van der Waals surface area contributed by atoms with Gasteiger partial charge >= 0.3 is 16.5 Å². The number of aliphatic imine (C=N–C) groups is 1. The minimum Gasteiger partial charge on any atom is -0.873 e. The average Bonchev–Trinajstić information content (AvgIpc) is 2.86. The molecular formula is C35H49N3NiO4. The largest absolute Gasteiger partial charge is 2.00 e. The molecule has 3 rings (SSSR count). The molecule has 0 spiro atoms. The Hall–Kier alpha value is -3.12. The molecule has 238 valence electrons. The summed E-state index contributed by atoms with van der Waals surface area (Å²) in [6, 6.07) is 6.60. The predicted octanol–water partition coefficient (Wildman–Crippen LogP) is 7.27. The maximum Gasteiger partial charge on any atom is 2.00 e. The van der Waals surface area contributed by atoms with Gasteiger partial charge in [-0.15, -0.1) is 11.5 Å². The Kier molecular flexibility index (Phi) is 12.4. The molecule has 0 unspecified atom stereocenters. The number of hydrogen-bond donors (Lipinski definition) is 0. The summed E-state index contributed by atoms with van der Waals surface area (Å²) in [5.74, 6) is -0.260. The van der Waals surface area contributed by atoms with Gasteiger partial charge in [0.2, 0.25) is 0 Å². The number of aromatic nitrogens is 2. The van der Waals surface area contributed by atoms with Crippen molar-refractivity contribution in [2.75, 3.05) is 14.2 Å². The van der Waals surface area contributed by atoms with E-state index in [1.807, 2.05) is 41.5 Å². The predicted molar refractivity (Wildman–Crippen MR) is 169 cm³/mol. The summed E-state index contributed by atoms with van der Waals surface area (Å²) in [6.07, 6.45) is 6.84. The van der Waals surface area contributed by atoms with E-state index in [0.717, 1.165) is 11.4 Å². The Morgan fingerprint density at radius 2 is 1.19 bits per heavy atom. The SMILES string of the molecule is CC(C)(C)c1ccc(C(C)(C)C)c(N=Cc2cnccn2)c1.COc1c(OC)c(C(C)(C)C)c([O-])c([O-])c1C(C)(C)C.[Ni+2]. The number of hydrogen-bond acceptors (Lipinski definition) is 7. The first-order chi connectivity index (χ1) is 19.1. The van der Waals surface area contributed by atoms with E-state index in [-0.39, 0.29) is 27.3 Å². The van der Waals surface area contributed by atoms with Crippen LogP contribution in [-0.4, -0.2) is 30.4 Å². The van der Waals surface area contributed by atoms with Crippen LogP contribution in [0.3, 0.4) is 0 Å². The van der Waals surface area contributed by atoms with Gasteiger partial charge in [-0.25, -0.2) is 0 Å². The third-order valence-electron chi connectivity index (χ3n) is 6.82. The summed E-state index contributed by atoms with van der Waals surface area (Å²) < 4.78 is 10.8. The van der Waals surface area contributed by atoms with Crippen LogP contribution in [0.5, 0.6) is 23.0 Å². The van der Waals surface area contributed by atoms with E-state index < -0.39 is 22.3 Å². The first-order valence-corrected chi connectivity index (χ1v) is 14.3. The van der Waals surface area contributed by atoms with Gasteiger partial charge in [0.1, 0.15) is 0 Å². The number of rotatable bonds is 4. The summed E-state index contributed by atoms with van der Waals surface area (Å²) >= 11 is 0. The van der Waals surface area contributed by atoms with E-state index in [1.54, 1.807) is 24.8 Å². The average molecular weight is 634 g/mol. The van der Waals surface area contributed by atoms with Crippen molar-refractivity contribution < 1.29 is 36.2 Å².